The first-order valence-corrected chi connectivity index (χ1v) is 8.80. The fourth-order valence-corrected chi connectivity index (χ4v) is 2.72. The van der Waals surface area contributed by atoms with Crippen molar-refractivity contribution in [2.75, 3.05) is 30.8 Å². The summed E-state index contributed by atoms with van der Waals surface area (Å²) in [7, 11) is 1.84. The number of aryl methyl sites for hydroxylation is 3. The van der Waals surface area contributed by atoms with Crippen molar-refractivity contribution in [1.29, 1.82) is 0 Å². The Morgan fingerprint density at radius 3 is 2.15 bits per heavy atom. The molecule has 0 aliphatic carbocycles. The van der Waals surface area contributed by atoms with Gasteiger partial charge in [-0.3, -0.25) is 9.59 Å². The topological polar surface area (TPSA) is 62.6 Å². The molecule has 5 heteroatoms. The molecule has 0 bridgehead atoms. The van der Waals surface area contributed by atoms with Crippen molar-refractivity contribution in [2.45, 2.75) is 27.7 Å². The molecule has 1 unspecified atom stereocenters. The maximum Gasteiger partial charge on any atom is 0.279 e. The predicted octanol–water partition coefficient (Wildman–Crippen LogP) is 2.01. The Morgan fingerprint density at radius 2 is 1.50 bits per heavy atom. The lowest BCUT2D eigenvalue weighted by Gasteiger charge is -2.15. The van der Waals surface area contributed by atoms with Crippen LogP contribution in [0.15, 0.2) is 36.4 Å². The Hall–Kier alpha value is -2.66. The van der Waals surface area contributed by atoms with Gasteiger partial charge in [-0.15, -0.1) is 0 Å². The molecular weight excluding hydrogens is 326 g/mol. The molecule has 1 atom stereocenters. The van der Waals surface area contributed by atoms with E-state index in [2.05, 4.69) is 10.6 Å². The van der Waals surface area contributed by atoms with Crippen LogP contribution in [0, 0.1) is 27.7 Å². The maximum atomic E-state index is 12.2. The number of benzene rings is 2. The number of anilines is 2. The zero-order chi connectivity index (χ0) is 19.3. The number of hydrogen-bond donors (Lipinski definition) is 3. The molecule has 138 valence electrons. The first-order valence-electron chi connectivity index (χ1n) is 8.80. The molecule has 0 aliphatic heterocycles. The summed E-state index contributed by atoms with van der Waals surface area (Å²) in [5.74, 6) is -0.208. The van der Waals surface area contributed by atoms with Gasteiger partial charge in [-0.25, -0.2) is 0 Å². The van der Waals surface area contributed by atoms with Crippen LogP contribution < -0.4 is 15.5 Å². The Kier molecular flexibility index (Phi) is 6.52. The first-order chi connectivity index (χ1) is 12.3. The van der Waals surface area contributed by atoms with Gasteiger partial charge in [0.05, 0.1) is 7.05 Å². The Balaban J connectivity index is 1.86. The van der Waals surface area contributed by atoms with E-state index in [-0.39, 0.29) is 24.9 Å². The van der Waals surface area contributed by atoms with Crippen LogP contribution in [0.2, 0.25) is 0 Å². The summed E-state index contributed by atoms with van der Waals surface area (Å²) in [5.41, 5.74) is 6.13. The van der Waals surface area contributed by atoms with Crippen molar-refractivity contribution in [3.05, 3.63) is 58.7 Å². The molecule has 0 aliphatic rings. The van der Waals surface area contributed by atoms with Gasteiger partial charge in [-0.2, -0.15) is 0 Å². The van der Waals surface area contributed by atoms with Gasteiger partial charge in [0.2, 0.25) is 0 Å². The SMILES string of the molecule is Cc1ccc(NC(=O)C[NH+](C)CC(=O)Nc2cccc(C)c2C)cc1C. The normalized spacial score (nSPS) is 11.7. The highest BCUT2D eigenvalue weighted by Gasteiger charge is 2.15. The summed E-state index contributed by atoms with van der Waals surface area (Å²) in [5, 5.41) is 5.82. The Labute approximate surface area is 155 Å². The van der Waals surface area contributed by atoms with E-state index in [1.807, 2.05) is 71.1 Å². The van der Waals surface area contributed by atoms with Gasteiger partial charge in [-0.1, -0.05) is 18.2 Å². The highest BCUT2D eigenvalue weighted by atomic mass is 16.2. The average molecular weight is 354 g/mol. The number of rotatable bonds is 6. The lowest BCUT2D eigenvalue weighted by Crippen LogP contribution is -3.11. The van der Waals surface area contributed by atoms with Crippen molar-refractivity contribution in [1.82, 2.24) is 0 Å². The largest absolute Gasteiger partial charge is 0.322 e. The number of likely N-dealkylation sites (N-methyl/N-ethyl adjacent to an activating group) is 1. The van der Waals surface area contributed by atoms with Crippen molar-refractivity contribution >= 4 is 23.2 Å². The van der Waals surface area contributed by atoms with Crippen molar-refractivity contribution in [3.63, 3.8) is 0 Å². The molecule has 2 aromatic carbocycles. The highest BCUT2D eigenvalue weighted by molar-refractivity contribution is 5.93. The zero-order valence-electron chi connectivity index (χ0n) is 16.2. The number of quaternary nitrogens is 1. The summed E-state index contributed by atoms with van der Waals surface area (Å²) in [4.78, 5) is 25.3. The van der Waals surface area contributed by atoms with E-state index >= 15 is 0 Å². The van der Waals surface area contributed by atoms with E-state index < -0.39 is 0 Å². The molecule has 0 fully saturated rings. The lowest BCUT2D eigenvalue weighted by atomic mass is 10.1. The van der Waals surface area contributed by atoms with Gasteiger partial charge in [0, 0.05) is 11.4 Å². The predicted molar refractivity (Wildman–Crippen MR) is 106 cm³/mol. The van der Waals surface area contributed by atoms with Gasteiger partial charge < -0.3 is 15.5 Å². The maximum absolute atomic E-state index is 12.2. The third-order valence-electron chi connectivity index (χ3n) is 4.59. The summed E-state index contributed by atoms with van der Waals surface area (Å²) in [6.45, 7) is 8.51. The van der Waals surface area contributed by atoms with Gasteiger partial charge in [-0.05, 0) is 68.1 Å². The summed E-state index contributed by atoms with van der Waals surface area (Å²) in [6.07, 6.45) is 0. The van der Waals surface area contributed by atoms with E-state index in [0.717, 1.165) is 33.0 Å². The number of nitrogens with one attached hydrogen (secondary N) is 3. The van der Waals surface area contributed by atoms with Crippen LogP contribution in [-0.4, -0.2) is 32.0 Å². The van der Waals surface area contributed by atoms with Crippen LogP contribution in [-0.2, 0) is 9.59 Å². The van der Waals surface area contributed by atoms with E-state index in [1.54, 1.807) is 0 Å². The van der Waals surface area contributed by atoms with Crippen molar-refractivity contribution in [2.24, 2.45) is 0 Å². The monoisotopic (exact) mass is 354 g/mol. The van der Waals surface area contributed by atoms with Crippen LogP contribution in [0.25, 0.3) is 0 Å². The summed E-state index contributed by atoms with van der Waals surface area (Å²) < 4.78 is 0. The van der Waals surface area contributed by atoms with Crippen LogP contribution in [0.5, 0.6) is 0 Å². The minimum Gasteiger partial charge on any atom is -0.322 e. The van der Waals surface area contributed by atoms with E-state index in [9.17, 15) is 9.59 Å². The molecule has 0 radical (unpaired) electrons. The van der Waals surface area contributed by atoms with E-state index in [4.69, 9.17) is 0 Å². The van der Waals surface area contributed by atoms with Gasteiger partial charge >= 0.3 is 0 Å². The molecule has 2 amide bonds. The average Bonchev–Trinajstić information content (AvgIpc) is 2.55. The quantitative estimate of drug-likeness (QED) is 0.743. The second-order valence-electron chi connectivity index (χ2n) is 6.95. The van der Waals surface area contributed by atoms with Crippen LogP contribution in [0.4, 0.5) is 11.4 Å². The van der Waals surface area contributed by atoms with Gasteiger partial charge in [0.25, 0.3) is 11.8 Å². The lowest BCUT2D eigenvalue weighted by molar-refractivity contribution is -0.862. The minimum absolute atomic E-state index is 0.102. The van der Waals surface area contributed by atoms with Crippen molar-refractivity contribution in [3.8, 4) is 0 Å². The fourth-order valence-electron chi connectivity index (χ4n) is 2.72. The second-order valence-corrected chi connectivity index (χ2v) is 6.95. The minimum atomic E-state index is -0.106. The third-order valence-corrected chi connectivity index (χ3v) is 4.59. The Morgan fingerprint density at radius 1 is 0.846 bits per heavy atom. The number of carbonyl (C=O) groups is 2. The van der Waals surface area contributed by atoms with E-state index in [1.165, 1.54) is 5.56 Å². The smallest absolute Gasteiger partial charge is 0.279 e. The van der Waals surface area contributed by atoms with Gasteiger partial charge in [0.1, 0.15) is 0 Å². The molecule has 2 rings (SSSR count). The molecule has 0 saturated heterocycles. The molecule has 5 nitrogen and oxygen atoms in total. The number of amides is 2. The molecular formula is C21H28N3O2+. The van der Waals surface area contributed by atoms with E-state index in [0.29, 0.717) is 0 Å². The molecule has 0 aromatic heterocycles. The Bertz CT molecular complexity index is 815. The van der Waals surface area contributed by atoms with Crippen molar-refractivity contribution < 1.29 is 14.5 Å². The molecule has 0 saturated carbocycles. The van der Waals surface area contributed by atoms with Crippen LogP contribution in [0.3, 0.4) is 0 Å². The zero-order valence-corrected chi connectivity index (χ0v) is 16.2. The fraction of sp³-hybridized carbons (Fsp3) is 0.333. The number of hydrogen-bond acceptors (Lipinski definition) is 2. The molecule has 26 heavy (non-hydrogen) atoms. The first kappa shape index (κ1) is 19.7. The molecule has 0 heterocycles. The molecule has 3 N–H and O–H groups in total. The highest BCUT2D eigenvalue weighted by Crippen LogP contribution is 2.17. The van der Waals surface area contributed by atoms with Crippen LogP contribution >= 0.6 is 0 Å². The third kappa shape index (κ3) is 5.43. The standard InChI is InChI=1S/C21H27N3O2/c1-14-9-10-18(11-16(14)3)22-20(25)12-24(5)13-21(26)23-19-8-6-7-15(2)17(19)4/h6-11H,12-13H2,1-5H3,(H,22,25)(H,23,26)/p+1. The molecule has 0 spiro atoms. The summed E-state index contributed by atoms with van der Waals surface area (Å²) in [6, 6.07) is 11.7. The van der Waals surface area contributed by atoms with Gasteiger partial charge in [0.15, 0.2) is 13.1 Å². The summed E-state index contributed by atoms with van der Waals surface area (Å²) >= 11 is 0. The molecule has 2 aromatic rings. The second kappa shape index (κ2) is 8.63. The number of carbonyl (C=O) groups excluding carboxylic acids is 2. The van der Waals surface area contributed by atoms with Crippen LogP contribution in [0.1, 0.15) is 22.3 Å².